The fraction of sp³-hybridized carbons (Fsp3) is 0.0667. The molecule has 0 aliphatic heterocycles. The summed E-state index contributed by atoms with van der Waals surface area (Å²) in [5.41, 5.74) is 6.68. The average molecular weight is 290 g/mol. The maximum absolute atomic E-state index is 12.4. The van der Waals surface area contributed by atoms with Crippen molar-refractivity contribution in [3.8, 4) is 0 Å². The minimum absolute atomic E-state index is 0.0787. The lowest BCUT2D eigenvalue weighted by Crippen LogP contribution is -2.13. The number of hydrogen-bond acceptors (Lipinski definition) is 4. The van der Waals surface area contributed by atoms with Crippen molar-refractivity contribution in [1.29, 1.82) is 0 Å². The van der Waals surface area contributed by atoms with E-state index in [0.717, 1.165) is 0 Å². The molecule has 0 bridgehead atoms. The highest BCUT2D eigenvalue weighted by molar-refractivity contribution is 6.30. The summed E-state index contributed by atoms with van der Waals surface area (Å²) >= 11 is 5.79. The van der Waals surface area contributed by atoms with E-state index >= 15 is 0 Å². The number of halogens is 1. The molecular weight excluding hydrogens is 278 g/mol. The number of anilines is 1. The van der Waals surface area contributed by atoms with Gasteiger partial charge >= 0.3 is 5.97 Å². The zero-order chi connectivity index (χ0) is 14.7. The first-order chi connectivity index (χ1) is 9.54. The smallest absolute Gasteiger partial charge is 0.340 e. The maximum atomic E-state index is 12.4. The van der Waals surface area contributed by atoms with E-state index in [0.29, 0.717) is 10.6 Å². The van der Waals surface area contributed by atoms with Gasteiger partial charge in [-0.25, -0.2) is 4.79 Å². The van der Waals surface area contributed by atoms with E-state index in [-0.39, 0.29) is 22.6 Å². The van der Waals surface area contributed by atoms with Crippen molar-refractivity contribution in [3.05, 3.63) is 64.2 Å². The standard InChI is InChI=1S/C15H12ClNO3/c1-20-15(19)13-11(3-2-4-12(13)17)14(18)9-5-7-10(16)8-6-9/h2-8H,17H2,1H3. The third-order valence-corrected chi connectivity index (χ3v) is 3.09. The van der Waals surface area contributed by atoms with Crippen molar-refractivity contribution in [2.45, 2.75) is 0 Å². The minimum Gasteiger partial charge on any atom is -0.465 e. The highest BCUT2D eigenvalue weighted by Gasteiger charge is 2.21. The predicted molar refractivity (Wildman–Crippen MR) is 77.1 cm³/mol. The van der Waals surface area contributed by atoms with E-state index < -0.39 is 5.97 Å². The molecule has 0 aliphatic rings. The van der Waals surface area contributed by atoms with Crippen molar-refractivity contribution in [2.75, 3.05) is 12.8 Å². The molecule has 0 saturated carbocycles. The Balaban J connectivity index is 2.52. The largest absolute Gasteiger partial charge is 0.465 e. The molecule has 2 rings (SSSR count). The van der Waals surface area contributed by atoms with Crippen molar-refractivity contribution in [2.24, 2.45) is 0 Å². The summed E-state index contributed by atoms with van der Waals surface area (Å²) in [6, 6.07) is 11.1. The first-order valence-electron chi connectivity index (χ1n) is 5.81. The van der Waals surface area contributed by atoms with Crippen LogP contribution in [0.3, 0.4) is 0 Å². The van der Waals surface area contributed by atoms with Crippen LogP contribution < -0.4 is 5.73 Å². The molecule has 2 aromatic rings. The molecule has 0 heterocycles. The third kappa shape index (κ3) is 2.65. The Labute approximate surface area is 121 Å². The van der Waals surface area contributed by atoms with Crippen molar-refractivity contribution in [3.63, 3.8) is 0 Å². The van der Waals surface area contributed by atoms with Crippen LogP contribution in [0, 0.1) is 0 Å². The van der Waals surface area contributed by atoms with E-state index in [9.17, 15) is 9.59 Å². The first kappa shape index (κ1) is 14.1. The first-order valence-corrected chi connectivity index (χ1v) is 6.19. The highest BCUT2D eigenvalue weighted by atomic mass is 35.5. The van der Waals surface area contributed by atoms with Gasteiger partial charge < -0.3 is 10.5 Å². The second-order valence-electron chi connectivity index (χ2n) is 4.10. The Morgan fingerprint density at radius 3 is 2.35 bits per heavy atom. The lowest BCUT2D eigenvalue weighted by Gasteiger charge is -2.09. The Morgan fingerprint density at radius 1 is 1.10 bits per heavy atom. The van der Waals surface area contributed by atoms with E-state index in [2.05, 4.69) is 4.74 Å². The summed E-state index contributed by atoms with van der Waals surface area (Å²) in [5.74, 6) is -0.949. The quantitative estimate of drug-likeness (QED) is 0.536. The van der Waals surface area contributed by atoms with Crippen LogP contribution in [0.1, 0.15) is 26.3 Å². The molecule has 0 fully saturated rings. The Hall–Kier alpha value is -2.33. The third-order valence-electron chi connectivity index (χ3n) is 2.84. The van der Waals surface area contributed by atoms with Crippen LogP contribution in [-0.2, 0) is 4.74 Å². The molecule has 0 unspecified atom stereocenters. The number of hydrogen-bond donors (Lipinski definition) is 1. The van der Waals surface area contributed by atoms with Gasteiger partial charge in [-0.3, -0.25) is 4.79 Å². The van der Waals surface area contributed by atoms with Gasteiger partial charge in [0.05, 0.1) is 12.7 Å². The molecule has 102 valence electrons. The van der Waals surface area contributed by atoms with Gasteiger partial charge in [-0.2, -0.15) is 0 Å². The molecule has 0 radical (unpaired) electrons. The van der Waals surface area contributed by atoms with Crippen LogP contribution in [-0.4, -0.2) is 18.9 Å². The fourth-order valence-corrected chi connectivity index (χ4v) is 1.97. The lowest BCUT2D eigenvalue weighted by atomic mass is 9.97. The molecule has 0 aromatic heterocycles. The van der Waals surface area contributed by atoms with Gasteiger partial charge in [0, 0.05) is 21.8 Å². The van der Waals surface area contributed by atoms with Crippen LogP contribution in [0.15, 0.2) is 42.5 Å². The number of nitrogen functional groups attached to an aromatic ring is 1. The van der Waals surface area contributed by atoms with Crippen LogP contribution in [0.25, 0.3) is 0 Å². The molecule has 0 spiro atoms. The van der Waals surface area contributed by atoms with Crippen molar-refractivity contribution in [1.82, 2.24) is 0 Å². The van der Waals surface area contributed by atoms with Gasteiger partial charge in [0.25, 0.3) is 0 Å². The van der Waals surface area contributed by atoms with E-state index in [1.165, 1.54) is 7.11 Å². The number of methoxy groups -OCH3 is 1. The van der Waals surface area contributed by atoms with Gasteiger partial charge in [0.15, 0.2) is 5.78 Å². The zero-order valence-electron chi connectivity index (χ0n) is 10.7. The Kier molecular flexibility index (Phi) is 4.05. The number of esters is 1. The number of nitrogens with two attached hydrogens (primary N) is 1. The number of carbonyl (C=O) groups excluding carboxylic acids is 2. The number of ketones is 1. The minimum atomic E-state index is -0.639. The lowest BCUT2D eigenvalue weighted by molar-refractivity contribution is 0.0599. The Morgan fingerprint density at radius 2 is 1.75 bits per heavy atom. The summed E-state index contributed by atoms with van der Waals surface area (Å²) in [6.45, 7) is 0. The highest BCUT2D eigenvalue weighted by Crippen LogP contribution is 2.22. The van der Waals surface area contributed by atoms with Gasteiger partial charge in [-0.15, -0.1) is 0 Å². The van der Waals surface area contributed by atoms with Gasteiger partial charge in [-0.05, 0) is 30.3 Å². The van der Waals surface area contributed by atoms with E-state index in [1.807, 2.05) is 0 Å². The zero-order valence-corrected chi connectivity index (χ0v) is 11.5. The van der Waals surface area contributed by atoms with Crippen molar-refractivity contribution >= 4 is 29.0 Å². The fourth-order valence-electron chi connectivity index (χ4n) is 1.85. The molecule has 0 aliphatic carbocycles. The van der Waals surface area contributed by atoms with Gasteiger partial charge in [-0.1, -0.05) is 23.7 Å². The van der Waals surface area contributed by atoms with E-state index in [1.54, 1.807) is 42.5 Å². The molecule has 0 amide bonds. The summed E-state index contributed by atoms with van der Waals surface area (Å²) in [5, 5.41) is 0.530. The van der Waals surface area contributed by atoms with Crippen LogP contribution in [0.4, 0.5) is 5.69 Å². The maximum Gasteiger partial charge on any atom is 0.340 e. The SMILES string of the molecule is COC(=O)c1c(N)cccc1C(=O)c1ccc(Cl)cc1. The number of rotatable bonds is 3. The molecular formula is C15H12ClNO3. The summed E-state index contributed by atoms with van der Waals surface area (Å²) in [7, 11) is 1.24. The predicted octanol–water partition coefficient (Wildman–Crippen LogP) is 2.94. The van der Waals surface area contributed by atoms with Crippen molar-refractivity contribution < 1.29 is 14.3 Å². The number of benzene rings is 2. The van der Waals surface area contributed by atoms with Crippen LogP contribution >= 0.6 is 11.6 Å². The summed E-state index contributed by atoms with van der Waals surface area (Å²) in [6.07, 6.45) is 0. The molecule has 20 heavy (non-hydrogen) atoms. The molecule has 0 saturated heterocycles. The average Bonchev–Trinajstić information content (AvgIpc) is 2.46. The van der Waals surface area contributed by atoms with Gasteiger partial charge in [0.1, 0.15) is 0 Å². The number of carbonyl (C=O) groups is 2. The van der Waals surface area contributed by atoms with E-state index in [4.69, 9.17) is 17.3 Å². The number of ether oxygens (including phenoxy) is 1. The second kappa shape index (κ2) is 5.75. The molecule has 5 heteroatoms. The molecule has 2 aromatic carbocycles. The molecule has 2 N–H and O–H groups in total. The second-order valence-corrected chi connectivity index (χ2v) is 4.53. The summed E-state index contributed by atoms with van der Waals surface area (Å²) < 4.78 is 4.67. The summed E-state index contributed by atoms with van der Waals surface area (Å²) in [4.78, 5) is 24.2. The topological polar surface area (TPSA) is 69.4 Å². The van der Waals surface area contributed by atoms with Crippen LogP contribution in [0.5, 0.6) is 0 Å². The Bertz CT molecular complexity index is 665. The van der Waals surface area contributed by atoms with Crippen LogP contribution in [0.2, 0.25) is 5.02 Å². The normalized spacial score (nSPS) is 10.1. The van der Waals surface area contributed by atoms with Gasteiger partial charge in [0.2, 0.25) is 0 Å². The molecule has 0 atom stereocenters. The monoisotopic (exact) mass is 289 g/mol. The molecule has 4 nitrogen and oxygen atoms in total.